The van der Waals surface area contributed by atoms with E-state index < -0.39 is 0 Å². The molecule has 112 valence electrons. The summed E-state index contributed by atoms with van der Waals surface area (Å²) in [5.41, 5.74) is 7.73. The van der Waals surface area contributed by atoms with Gasteiger partial charge in [0.15, 0.2) is 11.5 Å². The first-order chi connectivity index (χ1) is 9.70. The normalized spacial score (nSPS) is 14.9. The Hall–Kier alpha value is -1.58. The summed E-state index contributed by atoms with van der Waals surface area (Å²) in [6.45, 7) is 5.62. The Bertz CT molecular complexity index is 435. The Labute approximate surface area is 121 Å². The number of hydrogen-bond acceptors (Lipinski definition) is 4. The third kappa shape index (κ3) is 3.95. The smallest absolute Gasteiger partial charge is 0.163 e. The fraction of sp³-hybridized carbons (Fsp3) is 0.625. The van der Waals surface area contributed by atoms with Gasteiger partial charge in [-0.1, -0.05) is 32.6 Å². The van der Waals surface area contributed by atoms with Crippen molar-refractivity contribution in [3.05, 3.63) is 12.1 Å². The maximum absolute atomic E-state index is 6.07. The number of ether oxygens (including phenoxy) is 2. The van der Waals surface area contributed by atoms with Crippen molar-refractivity contribution in [2.75, 3.05) is 24.3 Å². The minimum Gasteiger partial charge on any atom is -0.486 e. The lowest BCUT2D eigenvalue weighted by atomic mass is 10.1. The summed E-state index contributed by atoms with van der Waals surface area (Å²) in [5.74, 6) is 1.53. The molecule has 0 bridgehead atoms. The van der Waals surface area contributed by atoms with E-state index in [2.05, 4.69) is 19.2 Å². The third-order valence-electron chi connectivity index (χ3n) is 3.61. The molecule has 0 aromatic heterocycles. The lowest BCUT2D eigenvalue weighted by molar-refractivity contribution is 0.172. The lowest BCUT2D eigenvalue weighted by Crippen LogP contribution is -2.18. The van der Waals surface area contributed by atoms with E-state index in [0.717, 1.165) is 29.3 Å². The molecular weight excluding hydrogens is 252 g/mol. The van der Waals surface area contributed by atoms with Crippen LogP contribution in [0.5, 0.6) is 11.5 Å². The first-order valence-corrected chi connectivity index (χ1v) is 7.66. The van der Waals surface area contributed by atoms with Gasteiger partial charge in [-0.25, -0.2) is 0 Å². The summed E-state index contributed by atoms with van der Waals surface area (Å²) >= 11 is 0. The summed E-state index contributed by atoms with van der Waals surface area (Å²) in [5, 5.41) is 3.48. The SMILES string of the molecule is CCCCCCC(C)Nc1cc2c(cc1N)OCCO2. The molecule has 1 aromatic carbocycles. The molecule has 0 saturated heterocycles. The second-order valence-electron chi connectivity index (χ2n) is 5.48. The van der Waals surface area contributed by atoms with Crippen LogP contribution < -0.4 is 20.5 Å². The van der Waals surface area contributed by atoms with E-state index in [-0.39, 0.29) is 0 Å². The molecule has 0 amide bonds. The van der Waals surface area contributed by atoms with Gasteiger partial charge in [-0.3, -0.25) is 0 Å². The monoisotopic (exact) mass is 278 g/mol. The lowest BCUT2D eigenvalue weighted by Gasteiger charge is -2.22. The molecule has 4 nitrogen and oxygen atoms in total. The molecule has 3 N–H and O–H groups in total. The molecule has 1 aromatic rings. The van der Waals surface area contributed by atoms with E-state index >= 15 is 0 Å². The molecule has 1 aliphatic rings. The van der Waals surface area contributed by atoms with Gasteiger partial charge < -0.3 is 20.5 Å². The van der Waals surface area contributed by atoms with Crippen molar-refractivity contribution in [1.29, 1.82) is 0 Å². The maximum atomic E-state index is 6.07. The van der Waals surface area contributed by atoms with Crippen molar-refractivity contribution < 1.29 is 9.47 Å². The summed E-state index contributed by atoms with van der Waals surface area (Å²) in [6, 6.07) is 4.21. The largest absolute Gasteiger partial charge is 0.486 e. The van der Waals surface area contributed by atoms with Crippen LogP contribution >= 0.6 is 0 Å². The van der Waals surface area contributed by atoms with Crippen molar-refractivity contribution in [3.63, 3.8) is 0 Å². The Morgan fingerprint density at radius 1 is 1.15 bits per heavy atom. The van der Waals surface area contributed by atoms with Gasteiger partial charge in [0, 0.05) is 18.2 Å². The van der Waals surface area contributed by atoms with E-state index in [1.807, 2.05) is 12.1 Å². The Balaban J connectivity index is 1.91. The van der Waals surface area contributed by atoms with Gasteiger partial charge in [0.2, 0.25) is 0 Å². The van der Waals surface area contributed by atoms with Crippen molar-refractivity contribution in [3.8, 4) is 11.5 Å². The predicted molar refractivity (Wildman–Crippen MR) is 83.7 cm³/mol. The highest BCUT2D eigenvalue weighted by Crippen LogP contribution is 2.37. The Morgan fingerprint density at radius 2 is 1.85 bits per heavy atom. The molecule has 4 heteroatoms. The van der Waals surface area contributed by atoms with Gasteiger partial charge in [0.1, 0.15) is 13.2 Å². The fourth-order valence-electron chi connectivity index (χ4n) is 2.44. The predicted octanol–water partition coefficient (Wildman–Crippen LogP) is 3.81. The number of nitrogens with two attached hydrogens (primary N) is 1. The van der Waals surface area contributed by atoms with Gasteiger partial charge in [-0.15, -0.1) is 0 Å². The number of anilines is 2. The molecule has 0 fully saturated rings. The molecule has 0 saturated carbocycles. The zero-order valence-corrected chi connectivity index (χ0v) is 12.6. The van der Waals surface area contributed by atoms with Gasteiger partial charge >= 0.3 is 0 Å². The summed E-state index contributed by atoms with van der Waals surface area (Å²) < 4.78 is 11.1. The van der Waals surface area contributed by atoms with Crippen LogP contribution in [-0.2, 0) is 0 Å². The van der Waals surface area contributed by atoms with Gasteiger partial charge in [-0.05, 0) is 13.3 Å². The molecular formula is C16H26N2O2. The highest BCUT2D eigenvalue weighted by atomic mass is 16.6. The second kappa shape index (κ2) is 7.27. The van der Waals surface area contributed by atoms with Crippen molar-refractivity contribution in [2.45, 2.75) is 52.0 Å². The number of benzene rings is 1. The van der Waals surface area contributed by atoms with Crippen LogP contribution in [0.15, 0.2) is 12.1 Å². The third-order valence-corrected chi connectivity index (χ3v) is 3.61. The van der Waals surface area contributed by atoms with Crippen molar-refractivity contribution >= 4 is 11.4 Å². The number of nitrogens with one attached hydrogen (secondary N) is 1. The number of nitrogen functional groups attached to an aromatic ring is 1. The van der Waals surface area contributed by atoms with Crippen LogP contribution in [0.25, 0.3) is 0 Å². The first kappa shape index (κ1) is 14.8. The van der Waals surface area contributed by atoms with E-state index in [0.29, 0.717) is 19.3 Å². The standard InChI is InChI=1S/C16H26N2O2/c1-3-4-5-6-7-12(2)18-14-11-16-15(10-13(14)17)19-8-9-20-16/h10-12,18H,3-9,17H2,1-2H3. The first-order valence-electron chi connectivity index (χ1n) is 7.66. The van der Waals surface area contributed by atoms with Crippen LogP contribution in [0.1, 0.15) is 46.0 Å². The van der Waals surface area contributed by atoms with E-state index in [1.54, 1.807) is 0 Å². The summed E-state index contributed by atoms with van der Waals surface area (Å²) in [4.78, 5) is 0. The van der Waals surface area contributed by atoms with Crippen molar-refractivity contribution in [2.24, 2.45) is 0 Å². The molecule has 0 aliphatic carbocycles. The minimum absolute atomic E-state index is 0.414. The molecule has 0 spiro atoms. The molecule has 1 heterocycles. The number of unbranched alkanes of at least 4 members (excludes halogenated alkanes) is 3. The van der Waals surface area contributed by atoms with Gasteiger partial charge in [0.05, 0.1) is 11.4 Å². The maximum Gasteiger partial charge on any atom is 0.163 e. The van der Waals surface area contributed by atoms with E-state index in [9.17, 15) is 0 Å². The fourth-order valence-corrected chi connectivity index (χ4v) is 2.44. The highest BCUT2D eigenvalue weighted by Gasteiger charge is 2.15. The molecule has 0 radical (unpaired) electrons. The Morgan fingerprint density at radius 3 is 2.55 bits per heavy atom. The second-order valence-corrected chi connectivity index (χ2v) is 5.48. The van der Waals surface area contributed by atoms with Crippen LogP contribution in [-0.4, -0.2) is 19.3 Å². The molecule has 2 rings (SSSR count). The van der Waals surface area contributed by atoms with Gasteiger partial charge in [-0.2, -0.15) is 0 Å². The quantitative estimate of drug-likeness (QED) is 0.588. The summed E-state index contributed by atoms with van der Waals surface area (Å²) in [6.07, 6.45) is 6.31. The summed E-state index contributed by atoms with van der Waals surface area (Å²) in [7, 11) is 0. The Kier molecular flexibility index (Phi) is 5.39. The van der Waals surface area contributed by atoms with E-state index in [4.69, 9.17) is 15.2 Å². The number of hydrogen-bond donors (Lipinski definition) is 2. The zero-order chi connectivity index (χ0) is 14.4. The van der Waals surface area contributed by atoms with Gasteiger partial charge in [0.25, 0.3) is 0 Å². The highest BCUT2D eigenvalue weighted by molar-refractivity contribution is 5.72. The van der Waals surface area contributed by atoms with Crippen LogP contribution in [0.2, 0.25) is 0 Å². The average Bonchev–Trinajstić information content (AvgIpc) is 2.44. The van der Waals surface area contributed by atoms with Crippen LogP contribution in [0.3, 0.4) is 0 Å². The topological polar surface area (TPSA) is 56.5 Å². The molecule has 1 atom stereocenters. The number of rotatable bonds is 7. The van der Waals surface area contributed by atoms with Crippen molar-refractivity contribution in [1.82, 2.24) is 0 Å². The molecule has 1 aliphatic heterocycles. The van der Waals surface area contributed by atoms with Crippen LogP contribution in [0, 0.1) is 0 Å². The number of fused-ring (bicyclic) bond motifs is 1. The minimum atomic E-state index is 0.414. The molecule has 1 unspecified atom stereocenters. The van der Waals surface area contributed by atoms with Crippen LogP contribution in [0.4, 0.5) is 11.4 Å². The van der Waals surface area contributed by atoms with E-state index in [1.165, 1.54) is 25.7 Å². The zero-order valence-electron chi connectivity index (χ0n) is 12.6. The average molecular weight is 278 g/mol. The molecule has 20 heavy (non-hydrogen) atoms.